The van der Waals surface area contributed by atoms with Gasteiger partial charge in [-0.05, 0) is 36.1 Å². The Balaban J connectivity index is 1.64. The van der Waals surface area contributed by atoms with Crippen LogP contribution in [0.1, 0.15) is 22.2 Å². The fourth-order valence-corrected chi connectivity index (χ4v) is 3.36. The molecule has 5 amide bonds. The lowest BCUT2D eigenvalue weighted by atomic mass is 9.92. The lowest BCUT2D eigenvalue weighted by molar-refractivity contribution is -0.135. The van der Waals surface area contributed by atoms with Crippen molar-refractivity contribution in [3.8, 4) is 5.75 Å². The van der Waals surface area contributed by atoms with Crippen molar-refractivity contribution in [2.24, 2.45) is 0 Å². The first-order chi connectivity index (χ1) is 13.3. The van der Waals surface area contributed by atoms with E-state index in [0.29, 0.717) is 16.2 Å². The quantitative estimate of drug-likeness (QED) is 0.509. The number of carbonyl (C=O) groups is 4. The van der Waals surface area contributed by atoms with E-state index < -0.39 is 35.8 Å². The Morgan fingerprint density at radius 1 is 1.18 bits per heavy atom. The topological polar surface area (TPSA) is 117 Å². The monoisotopic (exact) mass is 402 g/mol. The van der Waals surface area contributed by atoms with Crippen molar-refractivity contribution >= 4 is 35.1 Å². The van der Waals surface area contributed by atoms with Crippen LogP contribution in [0.2, 0.25) is 0 Å². The lowest BCUT2D eigenvalue weighted by Gasteiger charge is -2.22. The van der Waals surface area contributed by atoms with E-state index in [2.05, 4.69) is 16.2 Å². The third-order valence-electron chi connectivity index (χ3n) is 4.30. The van der Waals surface area contributed by atoms with Crippen LogP contribution in [0.5, 0.6) is 5.75 Å². The number of hydrogen-bond donors (Lipinski definition) is 3. The Morgan fingerprint density at radius 3 is 2.50 bits per heavy atom. The van der Waals surface area contributed by atoms with E-state index in [1.807, 2.05) is 0 Å². The van der Waals surface area contributed by atoms with Gasteiger partial charge < -0.3 is 10.1 Å². The van der Waals surface area contributed by atoms with Crippen molar-refractivity contribution in [2.45, 2.75) is 12.5 Å². The summed E-state index contributed by atoms with van der Waals surface area (Å²) in [5.41, 5.74) is 3.69. The molecule has 0 spiro atoms. The molecule has 0 bridgehead atoms. The summed E-state index contributed by atoms with van der Waals surface area (Å²) in [5, 5.41) is 4.33. The first-order valence-electron chi connectivity index (χ1n) is 8.26. The number of rotatable bonds is 5. The third-order valence-corrected chi connectivity index (χ3v) is 5.17. The van der Waals surface area contributed by atoms with Crippen LogP contribution in [0.3, 0.4) is 0 Å². The summed E-state index contributed by atoms with van der Waals surface area (Å²) in [5.74, 6) is -1.14. The number of benzene rings is 1. The second kappa shape index (κ2) is 7.69. The van der Waals surface area contributed by atoms with Crippen LogP contribution in [-0.2, 0) is 15.1 Å². The van der Waals surface area contributed by atoms with Gasteiger partial charge in [-0.25, -0.2) is 4.79 Å². The van der Waals surface area contributed by atoms with Gasteiger partial charge in [0.1, 0.15) is 17.8 Å². The van der Waals surface area contributed by atoms with Gasteiger partial charge in [0, 0.05) is 0 Å². The van der Waals surface area contributed by atoms with Crippen LogP contribution >= 0.6 is 11.3 Å². The summed E-state index contributed by atoms with van der Waals surface area (Å²) in [6, 6.07) is 9.30. The zero-order chi connectivity index (χ0) is 20.3. The van der Waals surface area contributed by atoms with Crippen LogP contribution in [0.15, 0.2) is 41.8 Å². The van der Waals surface area contributed by atoms with Crippen molar-refractivity contribution in [3.05, 3.63) is 52.2 Å². The van der Waals surface area contributed by atoms with Gasteiger partial charge in [-0.3, -0.25) is 30.1 Å². The molecule has 3 N–H and O–H groups in total. The standard InChI is InChI=1S/C18H18N4O5S/c1-18(11-5-7-12(27-2)8-6-11)16(25)22(17(26)19-18)10-14(23)20-21-15(24)13-4-3-9-28-13/h3-9H,10H2,1-2H3,(H,19,26)(H,20,23)(H,21,24). The van der Waals surface area contributed by atoms with Gasteiger partial charge in [0.05, 0.1) is 12.0 Å². The summed E-state index contributed by atoms with van der Waals surface area (Å²) in [7, 11) is 1.52. The van der Waals surface area contributed by atoms with Crippen molar-refractivity contribution < 1.29 is 23.9 Å². The maximum atomic E-state index is 12.8. The molecule has 3 rings (SSSR count). The van der Waals surface area contributed by atoms with Gasteiger partial charge in [-0.15, -0.1) is 11.3 Å². The fourth-order valence-electron chi connectivity index (χ4n) is 2.74. The van der Waals surface area contributed by atoms with Crippen molar-refractivity contribution in [2.75, 3.05) is 13.7 Å². The maximum absolute atomic E-state index is 12.8. The maximum Gasteiger partial charge on any atom is 0.325 e. The molecule has 10 heteroatoms. The molecule has 1 aromatic carbocycles. The molecule has 1 aliphatic heterocycles. The summed E-state index contributed by atoms with van der Waals surface area (Å²) in [6.07, 6.45) is 0. The molecular weight excluding hydrogens is 384 g/mol. The molecule has 2 aromatic rings. The number of carbonyl (C=O) groups excluding carboxylic acids is 4. The molecule has 28 heavy (non-hydrogen) atoms. The molecule has 1 atom stereocenters. The highest BCUT2D eigenvalue weighted by Gasteiger charge is 2.49. The highest BCUT2D eigenvalue weighted by Crippen LogP contribution is 2.29. The number of urea groups is 1. The molecule has 1 fully saturated rings. The number of imide groups is 1. The second-order valence-electron chi connectivity index (χ2n) is 6.15. The van der Waals surface area contributed by atoms with Crippen LogP contribution in [0.4, 0.5) is 4.79 Å². The number of hydrazine groups is 1. The number of nitrogens with zero attached hydrogens (tertiary/aromatic N) is 1. The van der Waals surface area contributed by atoms with Crippen molar-refractivity contribution in [3.63, 3.8) is 0 Å². The number of thiophene rings is 1. The molecule has 146 valence electrons. The number of hydrogen-bond acceptors (Lipinski definition) is 6. The molecule has 9 nitrogen and oxygen atoms in total. The van der Waals surface area contributed by atoms with Gasteiger partial charge in [0.15, 0.2) is 0 Å². The minimum absolute atomic E-state index is 0.419. The molecule has 1 aliphatic rings. The van der Waals surface area contributed by atoms with Crippen molar-refractivity contribution in [1.82, 2.24) is 21.1 Å². The number of nitrogens with one attached hydrogen (secondary N) is 3. The Labute approximate surface area is 164 Å². The zero-order valence-electron chi connectivity index (χ0n) is 15.1. The molecule has 0 radical (unpaired) electrons. The van der Waals surface area contributed by atoms with E-state index in [4.69, 9.17) is 4.74 Å². The molecule has 0 aliphatic carbocycles. The average Bonchev–Trinajstić information content (AvgIpc) is 3.30. The smallest absolute Gasteiger partial charge is 0.325 e. The van der Waals surface area contributed by atoms with E-state index >= 15 is 0 Å². The zero-order valence-corrected chi connectivity index (χ0v) is 16.0. The SMILES string of the molecule is COc1ccc(C2(C)NC(=O)N(CC(=O)NNC(=O)c3cccs3)C2=O)cc1. The van der Waals surface area contributed by atoms with Crippen LogP contribution in [-0.4, -0.2) is 42.3 Å². The highest BCUT2D eigenvalue weighted by atomic mass is 32.1. The fraction of sp³-hybridized carbons (Fsp3) is 0.222. The summed E-state index contributed by atoms with van der Waals surface area (Å²) < 4.78 is 5.09. The van der Waals surface area contributed by atoms with Gasteiger partial charge >= 0.3 is 6.03 Å². The van der Waals surface area contributed by atoms with Crippen LogP contribution in [0.25, 0.3) is 0 Å². The summed E-state index contributed by atoms with van der Waals surface area (Å²) >= 11 is 1.22. The van der Waals surface area contributed by atoms with Gasteiger partial charge in [0.2, 0.25) is 0 Å². The molecule has 1 unspecified atom stereocenters. The molecular formula is C18H18N4O5S. The molecule has 2 heterocycles. The second-order valence-corrected chi connectivity index (χ2v) is 7.10. The Bertz CT molecular complexity index is 913. The van der Waals surface area contributed by atoms with Crippen LogP contribution in [0, 0.1) is 0 Å². The van der Waals surface area contributed by atoms with E-state index in [1.54, 1.807) is 48.7 Å². The van der Waals surface area contributed by atoms with Gasteiger partial charge in [0.25, 0.3) is 17.7 Å². The van der Waals surface area contributed by atoms with Crippen molar-refractivity contribution in [1.29, 1.82) is 0 Å². The Hall–Kier alpha value is -3.40. The summed E-state index contributed by atoms with van der Waals surface area (Å²) in [6.45, 7) is 1.03. The average molecular weight is 402 g/mol. The predicted octanol–water partition coefficient (Wildman–Crippen LogP) is 0.985. The van der Waals surface area contributed by atoms with E-state index in [-0.39, 0.29) is 0 Å². The van der Waals surface area contributed by atoms with E-state index in [0.717, 1.165) is 4.90 Å². The number of ether oxygens (including phenoxy) is 1. The third kappa shape index (κ3) is 3.67. The first kappa shape index (κ1) is 19.4. The highest BCUT2D eigenvalue weighted by molar-refractivity contribution is 7.12. The van der Waals surface area contributed by atoms with E-state index in [1.165, 1.54) is 18.4 Å². The predicted molar refractivity (Wildman–Crippen MR) is 101 cm³/mol. The lowest BCUT2D eigenvalue weighted by Crippen LogP contribution is -2.48. The molecule has 0 saturated carbocycles. The molecule has 1 saturated heterocycles. The number of methoxy groups -OCH3 is 1. The van der Waals surface area contributed by atoms with Gasteiger partial charge in [-0.1, -0.05) is 18.2 Å². The largest absolute Gasteiger partial charge is 0.497 e. The Kier molecular flexibility index (Phi) is 5.32. The Morgan fingerprint density at radius 2 is 1.89 bits per heavy atom. The first-order valence-corrected chi connectivity index (χ1v) is 9.14. The normalized spacial score (nSPS) is 18.6. The van der Waals surface area contributed by atoms with Crippen LogP contribution < -0.4 is 20.9 Å². The number of amides is 5. The minimum Gasteiger partial charge on any atom is -0.497 e. The minimum atomic E-state index is -1.30. The molecule has 1 aromatic heterocycles. The van der Waals surface area contributed by atoms with E-state index in [9.17, 15) is 19.2 Å². The van der Waals surface area contributed by atoms with Gasteiger partial charge in [-0.2, -0.15) is 0 Å². The summed E-state index contributed by atoms with van der Waals surface area (Å²) in [4.78, 5) is 50.2.